The second-order valence-corrected chi connectivity index (χ2v) is 6.84. The molecule has 0 fully saturated rings. The fourth-order valence-electron chi connectivity index (χ4n) is 1.49. The third-order valence-electron chi connectivity index (χ3n) is 2.29. The first kappa shape index (κ1) is 17.4. The van der Waals surface area contributed by atoms with E-state index in [-0.39, 0.29) is 5.69 Å². The van der Waals surface area contributed by atoms with Crippen LogP contribution in [0.3, 0.4) is 0 Å². The van der Waals surface area contributed by atoms with Gasteiger partial charge in [0.2, 0.25) is 0 Å². The largest absolute Gasteiger partial charge is 0.443 e. The fraction of sp³-hybridized carbons (Fsp3) is 0.462. The maximum atomic E-state index is 13.2. The molecular formula is C13H17F2NO4S. The van der Waals surface area contributed by atoms with E-state index in [4.69, 9.17) is 4.74 Å². The molecule has 21 heavy (non-hydrogen) atoms. The van der Waals surface area contributed by atoms with Crippen LogP contribution in [0.25, 0.3) is 0 Å². The van der Waals surface area contributed by atoms with Gasteiger partial charge in [-0.2, -0.15) is 8.42 Å². The van der Waals surface area contributed by atoms with Gasteiger partial charge in [-0.25, -0.2) is 9.18 Å². The van der Waals surface area contributed by atoms with Crippen LogP contribution in [0.15, 0.2) is 24.3 Å². The Kier molecular flexibility index (Phi) is 5.27. The Labute approximate surface area is 122 Å². The first-order valence-electron chi connectivity index (χ1n) is 6.16. The Balaban J connectivity index is 3.02. The predicted octanol–water partition coefficient (Wildman–Crippen LogP) is 2.87. The summed E-state index contributed by atoms with van der Waals surface area (Å²) in [5, 5.41) is 0. The molecule has 0 atom stereocenters. The molecule has 0 saturated carbocycles. The van der Waals surface area contributed by atoms with Crippen molar-refractivity contribution in [1.82, 2.24) is 0 Å². The number of rotatable bonds is 4. The van der Waals surface area contributed by atoms with E-state index in [2.05, 4.69) is 0 Å². The van der Waals surface area contributed by atoms with Crippen LogP contribution in [-0.2, 0) is 15.0 Å². The first-order chi connectivity index (χ1) is 9.48. The van der Waals surface area contributed by atoms with Crippen LogP contribution in [0.1, 0.15) is 20.8 Å². The number of halogens is 2. The van der Waals surface area contributed by atoms with Gasteiger partial charge in [-0.3, -0.25) is 4.90 Å². The smallest absolute Gasteiger partial charge is 0.414 e. The summed E-state index contributed by atoms with van der Waals surface area (Å²) in [6.45, 7) is 4.40. The van der Waals surface area contributed by atoms with Crippen molar-refractivity contribution in [2.45, 2.75) is 26.4 Å². The predicted molar refractivity (Wildman–Crippen MR) is 74.9 cm³/mol. The number of ether oxygens (including phenoxy) is 1. The SMILES string of the molecule is CC(C)(C)OC(=O)N(CCS(=O)(=O)F)c1cccc(F)c1. The topological polar surface area (TPSA) is 63.7 Å². The lowest BCUT2D eigenvalue weighted by Gasteiger charge is -2.27. The molecule has 8 heteroatoms. The molecule has 1 aromatic rings. The van der Waals surface area contributed by atoms with Crippen molar-refractivity contribution in [2.75, 3.05) is 17.2 Å². The Morgan fingerprint density at radius 1 is 1.33 bits per heavy atom. The molecule has 0 saturated heterocycles. The zero-order valence-electron chi connectivity index (χ0n) is 12.0. The van der Waals surface area contributed by atoms with Crippen LogP contribution in [0.5, 0.6) is 0 Å². The van der Waals surface area contributed by atoms with Gasteiger partial charge in [0, 0.05) is 12.2 Å². The summed E-state index contributed by atoms with van der Waals surface area (Å²) in [6.07, 6.45) is -0.878. The average molecular weight is 321 g/mol. The Hall–Kier alpha value is -1.70. The lowest BCUT2D eigenvalue weighted by molar-refractivity contribution is 0.0582. The summed E-state index contributed by atoms with van der Waals surface area (Å²) >= 11 is 0. The van der Waals surface area contributed by atoms with E-state index in [1.54, 1.807) is 20.8 Å². The molecule has 0 radical (unpaired) electrons. The van der Waals surface area contributed by atoms with E-state index in [0.29, 0.717) is 0 Å². The van der Waals surface area contributed by atoms with Gasteiger partial charge >= 0.3 is 16.3 Å². The number of hydrogen-bond donors (Lipinski definition) is 0. The Bertz CT molecular complexity index is 611. The molecule has 5 nitrogen and oxygen atoms in total. The summed E-state index contributed by atoms with van der Waals surface area (Å²) in [5.41, 5.74) is -0.732. The van der Waals surface area contributed by atoms with Crippen LogP contribution < -0.4 is 4.90 Å². The quantitative estimate of drug-likeness (QED) is 0.800. The number of anilines is 1. The lowest BCUT2D eigenvalue weighted by atomic mass is 10.2. The minimum Gasteiger partial charge on any atom is -0.443 e. The van der Waals surface area contributed by atoms with Gasteiger partial charge in [0.25, 0.3) is 0 Å². The molecular weight excluding hydrogens is 304 g/mol. The van der Waals surface area contributed by atoms with Crippen molar-refractivity contribution in [2.24, 2.45) is 0 Å². The second kappa shape index (κ2) is 6.38. The third-order valence-corrected chi connectivity index (χ3v) is 2.96. The fourth-order valence-corrected chi connectivity index (χ4v) is 1.89. The highest BCUT2D eigenvalue weighted by molar-refractivity contribution is 7.86. The van der Waals surface area contributed by atoms with Crippen LogP contribution in [0.4, 0.5) is 18.8 Å². The molecule has 118 valence electrons. The van der Waals surface area contributed by atoms with Crippen molar-refractivity contribution < 1.29 is 26.2 Å². The van der Waals surface area contributed by atoms with Crippen LogP contribution in [0, 0.1) is 5.82 Å². The van der Waals surface area contributed by atoms with Crippen LogP contribution in [-0.4, -0.2) is 32.4 Å². The number of hydrogen-bond acceptors (Lipinski definition) is 4. The van der Waals surface area contributed by atoms with E-state index in [0.717, 1.165) is 11.0 Å². The molecule has 0 unspecified atom stereocenters. The van der Waals surface area contributed by atoms with E-state index in [1.165, 1.54) is 18.2 Å². The van der Waals surface area contributed by atoms with E-state index >= 15 is 0 Å². The molecule has 0 bridgehead atoms. The second-order valence-electron chi connectivity index (χ2n) is 5.35. The maximum Gasteiger partial charge on any atom is 0.414 e. The number of carbonyl (C=O) groups excluding carboxylic acids is 1. The van der Waals surface area contributed by atoms with E-state index in [9.17, 15) is 21.5 Å². The summed E-state index contributed by atoms with van der Waals surface area (Å²) < 4.78 is 52.2. The highest BCUT2D eigenvalue weighted by atomic mass is 32.3. The zero-order chi connectivity index (χ0) is 16.3. The van der Waals surface area contributed by atoms with E-state index in [1.807, 2.05) is 0 Å². The number of amides is 1. The summed E-state index contributed by atoms with van der Waals surface area (Å²) in [6, 6.07) is 4.96. The van der Waals surface area contributed by atoms with Crippen LogP contribution in [0.2, 0.25) is 0 Å². The standard InChI is InChI=1S/C13H17F2NO4S/c1-13(2,3)20-12(17)16(7-8-21(15,18)19)11-6-4-5-10(14)9-11/h4-6,9H,7-8H2,1-3H3. The van der Waals surface area contributed by atoms with Gasteiger partial charge in [0.1, 0.15) is 11.4 Å². The summed E-state index contributed by atoms with van der Waals surface area (Å²) in [5.74, 6) is -1.51. The average Bonchev–Trinajstić information content (AvgIpc) is 2.25. The highest BCUT2D eigenvalue weighted by Crippen LogP contribution is 2.19. The van der Waals surface area contributed by atoms with Gasteiger partial charge in [0.05, 0.1) is 5.75 Å². The molecule has 0 aliphatic rings. The molecule has 0 aromatic heterocycles. The van der Waals surface area contributed by atoms with Crippen molar-refractivity contribution in [3.63, 3.8) is 0 Å². The molecule has 1 aromatic carbocycles. The molecule has 0 heterocycles. The normalized spacial score (nSPS) is 12.0. The van der Waals surface area contributed by atoms with Crippen molar-refractivity contribution >= 4 is 22.0 Å². The summed E-state index contributed by atoms with van der Waals surface area (Å²) in [4.78, 5) is 12.9. The maximum absolute atomic E-state index is 13.2. The third kappa shape index (κ3) is 6.52. The minimum atomic E-state index is -4.76. The highest BCUT2D eigenvalue weighted by Gasteiger charge is 2.25. The molecule has 0 aliphatic carbocycles. The first-order valence-corrected chi connectivity index (χ1v) is 7.72. The van der Waals surface area contributed by atoms with Crippen LogP contribution >= 0.6 is 0 Å². The molecule has 0 aliphatic heterocycles. The molecule has 1 amide bonds. The Morgan fingerprint density at radius 3 is 2.43 bits per heavy atom. The number of carbonyl (C=O) groups is 1. The van der Waals surface area contributed by atoms with Gasteiger partial charge in [-0.05, 0) is 39.0 Å². The lowest BCUT2D eigenvalue weighted by Crippen LogP contribution is -2.39. The molecule has 1 rings (SSSR count). The van der Waals surface area contributed by atoms with Crippen molar-refractivity contribution in [1.29, 1.82) is 0 Å². The number of nitrogens with zero attached hydrogens (tertiary/aromatic N) is 1. The van der Waals surface area contributed by atoms with Gasteiger partial charge in [-0.1, -0.05) is 6.07 Å². The molecule has 0 N–H and O–H groups in total. The monoisotopic (exact) mass is 321 g/mol. The molecule has 0 spiro atoms. The van der Waals surface area contributed by atoms with Gasteiger partial charge in [-0.15, -0.1) is 3.89 Å². The van der Waals surface area contributed by atoms with Gasteiger partial charge < -0.3 is 4.74 Å². The Morgan fingerprint density at radius 2 is 1.95 bits per heavy atom. The van der Waals surface area contributed by atoms with Gasteiger partial charge in [0.15, 0.2) is 0 Å². The van der Waals surface area contributed by atoms with Crippen molar-refractivity contribution in [3.05, 3.63) is 30.1 Å². The minimum absolute atomic E-state index is 0.0906. The van der Waals surface area contributed by atoms with E-state index < -0.39 is 40.0 Å². The zero-order valence-corrected chi connectivity index (χ0v) is 12.8. The number of benzene rings is 1. The van der Waals surface area contributed by atoms with Crippen molar-refractivity contribution in [3.8, 4) is 0 Å². The summed E-state index contributed by atoms with van der Waals surface area (Å²) in [7, 11) is -4.76.